The summed E-state index contributed by atoms with van der Waals surface area (Å²) in [7, 11) is 2.36. The average molecular weight is 367 g/mol. The van der Waals surface area contributed by atoms with Gasteiger partial charge in [0.05, 0.1) is 31.3 Å². The van der Waals surface area contributed by atoms with Gasteiger partial charge in [0.25, 0.3) is 0 Å². The number of ether oxygens (including phenoxy) is 3. The summed E-state index contributed by atoms with van der Waals surface area (Å²) in [6.45, 7) is 2.25. The number of esters is 1. The molecule has 0 fully saturated rings. The van der Waals surface area contributed by atoms with Gasteiger partial charge in [-0.2, -0.15) is 0 Å². The van der Waals surface area contributed by atoms with E-state index < -0.39 is 28.1 Å². The molecular formula is C17H21NO8. The number of aliphatic carboxylic acids is 1. The summed E-state index contributed by atoms with van der Waals surface area (Å²) in [6, 6.07) is 2.69. The van der Waals surface area contributed by atoms with E-state index in [1.165, 1.54) is 19.2 Å². The Morgan fingerprint density at radius 1 is 1.27 bits per heavy atom. The fourth-order valence-corrected chi connectivity index (χ4v) is 2.17. The van der Waals surface area contributed by atoms with Gasteiger partial charge in [0.15, 0.2) is 5.75 Å². The Balaban J connectivity index is 3.46. The number of nitro groups is 1. The molecule has 0 aliphatic carbocycles. The lowest BCUT2D eigenvalue weighted by atomic mass is 10.1. The van der Waals surface area contributed by atoms with E-state index in [2.05, 4.69) is 4.74 Å². The molecule has 0 radical (unpaired) electrons. The van der Waals surface area contributed by atoms with Crippen molar-refractivity contribution in [2.24, 2.45) is 0 Å². The lowest BCUT2D eigenvalue weighted by molar-refractivity contribution is -0.386. The predicted molar refractivity (Wildman–Crippen MR) is 92.3 cm³/mol. The first kappa shape index (κ1) is 20.9. The van der Waals surface area contributed by atoms with Gasteiger partial charge in [0, 0.05) is 0 Å². The van der Waals surface area contributed by atoms with Gasteiger partial charge in [-0.15, -0.1) is 0 Å². The number of carboxylic acids is 1. The largest absolute Gasteiger partial charge is 0.493 e. The van der Waals surface area contributed by atoms with Crippen LogP contribution in [0.2, 0.25) is 0 Å². The zero-order chi connectivity index (χ0) is 19.7. The first-order valence-corrected chi connectivity index (χ1v) is 7.88. The highest BCUT2D eigenvalue weighted by Crippen LogP contribution is 2.40. The van der Waals surface area contributed by atoms with Crippen molar-refractivity contribution in [1.82, 2.24) is 0 Å². The van der Waals surface area contributed by atoms with Crippen LogP contribution in [0.25, 0.3) is 6.08 Å². The summed E-state index contributed by atoms with van der Waals surface area (Å²) in [4.78, 5) is 33.7. The standard InChI is InChI=1S/C17H21NO8/c1-4-5-6-9-26-15-13(24-2)8-7-11(14(15)18(22)23)10-12(16(19)20)17(21)25-3/h7-8,10H,4-6,9H2,1-3H3,(H,19,20). The Hall–Kier alpha value is -3.10. The molecule has 1 aromatic carbocycles. The molecule has 9 nitrogen and oxygen atoms in total. The molecule has 0 atom stereocenters. The zero-order valence-corrected chi connectivity index (χ0v) is 14.8. The lowest BCUT2D eigenvalue weighted by Gasteiger charge is -2.12. The van der Waals surface area contributed by atoms with Crippen molar-refractivity contribution in [2.75, 3.05) is 20.8 Å². The molecule has 1 rings (SSSR count). The summed E-state index contributed by atoms with van der Waals surface area (Å²) in [5, 5.41) is 20.7. The van der Waals surface area contributed by atoms with E-state index in [1.807, 2.05) is 6.92 Å². The van der Waals surface area contributed by atoms with Crippen LogP contribution in [0.15, 0.2) is 17.7 Å². The summed E-state index contributed by atoms with van der Waals surface area (Å²) >= 11 is 0. The summed E-state index contributed by atoms with van der Waals surface area (Å²) in [5.74, 6) is -2.65. The minimum Gasteiger partial charge on any atom is -0.493 e. The number of carbonyl (C=O) groups excluding carboxylic acids is 1. The molecule has 26 heavy (non-hydrogen) atoms. The van der Waals surface area contributed by atoms with Crippen LogP contribution in [-0.4, -0.2) is 42.8 Å². The SMILES string of the molecule is CCCCCOc1c(OC)ccc(C=C(C(=O)O)C(=O)OC)c1[N+](=O)[O-]. The van der Waals surface area contributed by atoms with Gasteiger partial charge in [0.2, 0.25) is 5.75 Å². The summed E-state index contributed by atoms with van der Waals surface area (Å²) in [5.41, 5.74) is -1.33. The predicted octanol–water partition coefficient (Wildman–Crippen LogP) is 2.81. The number of nitro benzene ring substituents is 1. The van der Waals surface area contributed by atoms with Gasteiger partial charge in [-0.25, -0.2) is 9.59 Å². The van der Waals surface area contributed by atoms with Gasteiger partial charge in [-0.05, 0) is 24.6 Å². The number of benzene rings is 1. The van der Waals surface area contributed by atoms with E-state index >= 15 is 0 Å². The van der Waals surface area contributed by atoms with Gasteiger partial charge in [-0.1, -0.05) is 19.8 Å². The quantitative estimate of drug-likeness (QED) is 0.127. The Labute approximate surface area is 150 Å². The van der Waals surface area contributed by atoms with Crippen molar-refractivity contribution in [3.63, 3.8) is 0 Å². The van der Waals surface area contributed by atoms with Crippen LogP contribution in [-0.2, 0) is 14.3 Å². The fourth-order valence-electron chi connectivity index (χ4n) is 2.17. The number of carboxylic acid groups (broad SMARTS) is 1. The lowest BCUT2D eigenvalue weighted by Crippen LogP contribution is -2.13. The third kappa shape index (κ3) is 5.20. The zero-order valence-electron chi connectivity index (χ0n) is 14.8. The van der Waals surface area contributed by atoms with Crippen LogP contribution in [0.1, 0.15) is 31.7 Å². The molecule has 0 bridgehead atoms. The minimum atomic E-state index is -1.56. The van der Waals surface area contributed by atoms with E-state index in [0.717, 1.165) is 26.0 Å². The van der Waals surface area contributed by atoms with E-state index in [9.17, 15) is 19.7 Å². The second-order valence-corrected chi connectivity index (χ2v) is 5.20. The number of hydrogen-bond donors (Lipinski definition) is 1. The van der Waals surface area contributed by atoms with Crippen LogP contribution in [0.5, 0.6) is 11.5 Å². The smallest absolute Gasteiger partial charge is 0.345 e. The molecule has 0 aliphatic rings. The Morgan fingerprint density at radius 2 is 1.96 bits per heavy atom. The van der Waals surface area contributed by atoms with E-state index in [4.69, 9.17) is 14.6 Å². The summed E-state index contributed by atoms with van der Waals surface area (Å²) < 4.78 is 15.0. The number of methoxy groups -OCH3 is 2. The molecule has 0 saturated heterocycles. The number of nitrogens with zero attached hydrogens (tertiary/aromatic N) is 1. The maximum absolute atomic E-state index is 11.6. The maximum Gasteiger partial charge on any atom is 0.345 e. The Bertz CT molecular complexity index is 711. The van der Waals surface area contributed by atoms with Gasteiger partial charge in [-0.3, -0.25) is 10.1 Å². The van der Waals surface area contributed by atoms with Crippen molar-refractivity contribution in [2.45, 2.75) is 26.2 Å². The van der Waals surface area contributed by atoms with E-state index in [-0.39, 0.29) is 23.7 Å². The van der Waals surface area contributed by atoms with Gasteiger partial charge in [0.1, 0.15) is 5.57 Å². The highest BCUT2D eigenvalue weighted by atomic mass is 16.6. The molecule has 0 aromatic heterocycles. The molecule has 9 heteroatoms. The van der Waals surface area contributed by atoms with Crippen LogP contribution < -0.4 is 9.47 Å². The molecular weight excluding hydrogens is 346 g/mol. The van der Waals surface area contributed by atoms with E-state index in [0.29, 0.717) is 6.42 Å². The maximum atomic E-state index is 11.6. The van der Waals surface area contributed by atoms with E-state index in [1.54, 1.807) is 0 Å². The monoisotopic (exact) mass is 367 g/mol. The fraction of sp³-hybridized carbons (Fsp3) is 0.412. The number of rotatable bonds is 10. The first-order valence-electron chi connectivity index (χ1n) is 7.88. The van der Waals surface area contributed by atoms with Crippen LogP contribution >= 0.6 is 0 Å². The molecule has 142 valence electrons. The molecule has 0 heterocycles. The van der Waals surface area contributed by atoms with Crippen LogP contribution in [0, 0.1) is 10.1 Å². The number of hydrogen-bond acceptors (Lipinski definition) is 7. The second kappa shape index (κ2) is 10.0. The Kier molecular flexibility index (Phi) is 8.07. The van der Waals surface area contributed by atoms with Crippen molar-refractivity contribution >= 4 is 23.7 Å². The van der Waals surface area contributed by atoms with Gasteiger partial charge >= 0.3 is 17.6 Å². The highest BCUT2D eigenvalue weighted by molar-refractivity contribution is 6.17. The first-order chi connectivity index (χ1) is 12.4. The molecule has 0 saturated carbocycles. The molecule has 1 N–H and O–H groups in total. The molecule has 0 amide bonds. The number of carbonyl (C=O) groups is 2. The van der Waals surface area contributed by atoms with Crippen molar-refractivity contribution in [3.05, 3.63) is 33.4 Å². The van der Waals surface area contributed by atoms with Crippen molar-refractivity contribution < 1.29 is 33.8 Å². The molecule has 0 spiro atoms. The minimum absolute atomic E-state index is 0.107. The molecule has 1 aromatic rings. The van der Waals surface area contributed by atoms with Crippen molar-refractivity contribution in [1.29, 1.82) is 0 Å². The average Bonchev–Trinajstić information content (AvgIpc) is 2.61. The number of unbranched alkanes of at least 4 members (excludes halogenated alkanes) is 2. The normalized spacial score (nSPS) is 11.0. The van der Waals surface area contributed by atoms with Crippen LogP contribution in [0.4, 0.5) is 5.69 Å². The molecule has 0 unspecified atom stereocenters. The molecule has 0 aliphatic heterocycles. The second-order valence-electron chi connectivity index (χ2n) is 5.20. The highest BCUT2D eigenvalue weighted by Gasteiger charge is 2.27. The topological polar surface area (TPSA) is 125 Å². The van der Waals surface area contributed by atoms with Gasteiger partial charge < -0.3 is 19.3 Å². The van der Waals surface area contributed by atoms with Crippen molar-refractivity contribution in [3.8, 4) is 11.5 Å². The third-order valence-corrected chi connectivity index (χ3v) is 3.46. The summed E-state index contributed by atoms with van der Waals surface area (Å²) in [6.07, 6.45) is 3.41. The van der Waals surface area contributed by atoms with Crippen LogP contribution in [0.3, 0.4) is 0 Å². The third-order valence-electron chi connectivity index (χ3n) is 3.46. The Morgan fingerprint density at radius 3 is 2.46 bits per heavy atom.